The molecule has 1 fully saturated rings. The fraction of sp³-hybridized carbons (Fsp3) is 0.350. The quantitative estimate of drug-likeness (QED) is 0.781. The Kier molecular flexibility index (Phi) is 4.95. The number of aldehydes is 1. The van der Waals surface area contributed by atoms with Crippen LogP contribution in [0.5, 0.6) is 0 Å². The summed E-state index contributed by atoms with van der Waals surface area (Å²) in [6.07, 6.45) is 3.12. The topological polar surface area (TPSA) is 29.5 Å². The number of carbonyl (C=O) groups is 1. The minimum Gasteiger partial charge on any atom is -0.378 e. The summed E-state index contributed by atoms with van der Waals surface area (Å²) in [6, 6.07) is 14.5. The van der Waals surface area contributed by atoms with Gasteiger partial charge in [0.25, 0.3) is 0 Å². The Hall–Kier alpha value is -2.20. The number of hydrogen-bond acceptors (Lipinski definition) is 3. The van der Waals surface area contributed by atoms with Crippen LogP contribution in [0.4, 0.5) is 10.1 Å². The second-order valence-electron chi connectivity index (χ2n) is 6.35. The van der Waals surface area contributed by atoms with E-state index in [4.69, 9.17) is 4.74 Å². The number of benzene rings is 2. The van der Waals surface area contributed by atoms with Gasteiger partial charge in [0.1, 0.15) is 12.1 Å². The molecule has 0 radical (unpaired) electrons. The predicted molar refractivity (Wildman–Crippen MR) is 93.1 cm³/mol. The summed E-state index contributed by atoms with van der Waals surface area (Å²) >= 11 is 0. The zero-order chi connectivity index (χ0) is 17.0. The van der Waals surface area contributed by atoms with Gasteiger partial charge in [-0.05, 0) is 48.7 Å². The van der Waals surface area contributed by atoms with Crippen molar-refractivity contribution in [2.45, 2.75) is 24.9 Å². The van der Waals surface area contributed by atoms with Gasteiger partial charge in [-0.15, -0.1) is 0 Å². The van der Waals surface area contributed by atoms with Crippen molar-refractivity contribution >= 4 is 12.0 Å². The van der Waals surface area contributed by atoms with Crippen molar-refractivity contribution in [1.29, 1.82) is 0 Å². The molecule has 1 aliphatic heterocycles. The van der Waals surface area contributed by atoms with Crippen LogP contribution in [0, 0.1) is 5.82 Å². The molecular formula is C20H22FNO2. The van der Waals surface area contributed by atoms with Crippen molar-refractivity contribution in [1.82, 2.24) is 0 Å². The lowest BCUT2D eigenvalue weighted by Crippen LogP contribution is -2.47. The van der Waals surface area contributed by atoms with Crippen LogP contribution in [-0.4, -0.2) is 32.1 Å². The van der Waals surface area contributed by atoms with Crippen molar-refractivity contribution in [3.8, 4) is 0 Å². The SMILES string of the molecule is COC1(Cc2ccccc2F)CCN(c2ccc(C=O)cc2)CC1. The Morgan fingerprint density at radius 1 is 1.12 bits per heavy atom. The summed E-state index contributed by atoms with van der Waals surface area (Å²) < 4.78 is 19.8. The van der Waals surface area contributed by atoms with Crippen LogP contribution < -0.4 is 4.90 Å². The van der Waals surface area contributed by atoms with Gasteiger partial charge in [-0.2, -0.15) is 0 Å². The first kappa shape index (κ1) is 16.7. The molecule has 0 bridgehead atoms. The van der Waals surface area contributed by atoms with Crippen LogP contribution >= 0.6 is 0 Å². The molecule has 2 aromatic carbocycles. The van der Waals surface area contributed by atoms with Crippen molar-refractivity contribution in [2.24, 2.45) is 0 Å². The first-order valence-electron chi connectivity index (χ1n) is 8.24. The average Bonchev–Trinajstić information content (AvgIpc) is 2.64. The molecule has 24 heavy (non-hydrogen) atoms. The van der Waals surface area contributed by atoms with Crippen molar-refractivity contribution in [3.63, 3.8) is 0 Å². The standard InChI is InChI=1S/C20H22FNO2/c1-24-20(14-17-4-2-3-5-19(17)21)10-12-22(13-11-20)18-8-6-16(15-23)7-9-18/h2-9,15H,10-14H2,1H3. The highest BCUT2D eigenvalue weighted by atomic mass is 19.1. The zero-order valence-electron chi connectivity index (χ0n) is 13.9. The van der Waals surface area contributed by atoms with E-state index in [1.165, 1.54) is 6.07 Å². The summed E-state index contributed by atoms with van der Waals surface area (Å²) in [5, 5.41) is 0. The van der Waals surface area contributed by atoms with E-state index < -0.39 is 0 Å². The summed E-state index contributed by atoms with van der Waals surface area (Å²) in [5.74, 6) is -0.166. The van der Waals surface area contributed by atoms with E-state index in [9.17, 15) is 9.18 Å². The molecule has 1 aliphatic rings. The van der Waals surface area contributed by atoms with Gasteiger partial charge in [-0.25, -0.2) is 4.39 Å². The van der Waals surface area contributed by atoms with E-state index in [0.29, 0.717) is 17.5 Å². The number of halogens is 1. The van der Waals surface area contributed by atoms with Gasteiger partial charge < -0.3 is 9.64 Å². The van der Waals surface area contributed by atoms with Gasteiger partial charge >= 0.3 is 0 Å². The van der Waals surface area contributed by atoms with E-state index in [-0.39, 0.29) is 11.4 Å². The number of methoxy groups -OCH3 is 1. The molecule has 1 heterocycles. The Bertz CT molecular complexity index is 691. The van der Waals surface area contributed by atoms with E-state index >= 15 is 0 Å². The lowest BCUT2D eigenvalue weighted by atomic mass is 9.84. The maximum Gasteiger partial charge on any atom is 0.150 e. The van der Waals surface area contributed by atoms with Crippen molar-refractivity contribution < 1.29 is 13.9 Å². The molecular weight excluding hydrogens is 305 g/mol. The van der Waals surface area contributed by atoms with Crippen molar-refractivity contribution in [2.75, 3.05) is 25.1 Å². The molecule has 0 atom stereocenters. The monoisotopic (exact) mass is 327 g/mol. The van der Waals surface area contributed by atoms with Gasteiger partial charge in [-0.3, -0.25) is 4.79 Å². The second-order valence-corrected chi connectivity index (χ2v) is 6.35. The number of carbonyl (C=O) groups excluding carboxylic acids is 1. The van der Waals surface area contributed by atoms with Gasteiger partial charge in [0.15, 0.2) is 0 Å². The van der Waals surface area contributed by atoms with Gasteiger partial charge in [0.2, 0.25) is 0 Å². The first-order valence-corrected chi connectivity index (χ1v) is 8.24. The first-order chi connectivity index (χ1) is 11.7. The minimum atomic E-state index is -0.318. The molecule has 0 N–H and O–H groups in total. The Balaban J connectivity index is 1.69. The number of piperidine rings is 1. The van der Waals surface area contributed by atoms with Crippen LogP contribution in [0.2, 0.25) is 0 Å². The van der Waals surface area contributed by atoms with E-state index in [0.717, 1.165) is 37.9 Å². The highest BCUT2D eigenvalue weighted by molar-refractivity contribution is 5.75. The number of rotatable bonds is 5. The minimum absolute atomic E-state index is 0.166. The largest absolute Gasteiger partial charge is 0.378 e. The van der Waals surface area contributed by atoms with Crippen LogP contribution in [0.1, 0.15) is 28.8 Å². The third kappa shape index (κ3) is 3.49. The summed E-state index contributed by atoms with van der Waals surface area (Å²) in [4.78, 5) is 13.0. The fourth-order valence-electron chi connectivity index (χ4n) is 3.38. The van der Waals surface area contributed by atoms with E-state index in [2.05, 4.69) is 4.90 Å². The molecule has 2 aromatic rings. The van der Waals surface area contributed by atoms with Gasteiger partial charge in [0.05, 0.1) is 5.60 Å². The number of hydrogen-bond donors (Lipinski definition) is 0. The molecule has 0 spiro atoms. The molecule has 0 aromatic heterocycles. The lowest BCUT2D eigenvalue weighted by Gasteiger charge is -2.42. The number of ether oxygens (including phenoxy) is 1. The van der Waals surface area contributed by atoms with Gasteiger partial charge in [-0.1, -0.05) is 18.2 Å². The molecule has 0 aliphatic carbocycles. The van der Waals surface area contributed by atoms with E-state index in [1.807, 2.05) is 36.4 Å². The predicted octanol–water partition coefficient (Wildman–Crippen LogP) is 3.87. The average molecular weight is 327 g/mol. The molecule has 3 nitrogen and oxygen atoms in total. The van der Waals surface area contributed by atoms with Crippen LogP contribution in [0.15, 0.2) is 48.5 Å². The highest BCUT2D eigenvalue weighted by Crippen LogP contribution is 2.32. The number of nitrogens with zero attached hydrogens (tertiary/aromatic N) is 1. The summed E-state index contributed by atoms with van der Waals surface area (Å²) in [7, 11) is 1.72. The van der Waals surface area contributed by atoms with Crippen LogP contribution in [-0.2, 0) is 11.2 Å². The fourth-order valence-corrected chi connectivity index (χ4v) is 3.38. The van der Waals surface area contributed by atoms with Crippen molar-refractivity contribution in [3.05, 3.63) is 65.5 Å². The molecule has 0 saturated carbocycles. The Morgan fingerprint density at radius 3 is 2.38 bits per heavy atom. The van der Waals surface area contributed by atoms with Gasteiger partial charge in [0, 0.05) is 37.9 Å². The molecule has 0 amide bonds. The highest BCUT2D eigenvalue weighted by Gasteiger charge is 2.35. The van der Waals surface area contributed by atoms with E-state index in [1.54, 1.807) is 13.2 Å². The zero-order valence-corrected chi connectivity index (χ0v) is 13.9. The van der Waals surface area contributed by atoms with Crippen LogP contribution in [0.3, 0.4) is 0 Å². The van der Waals surface area contributed by atoms with Crippen LogP contribution in [0.25, 0.3) is 0 Å². The summed E-state index contributed by atoms with van der Waals surface area (Å²) in [5.41, 5.74) is 2.18. The molecule has 126 valence electrons. The molecule has 1 saturated heterocycles. The second kappa shape index (κ2) is 7.14. The Labute approximate surface area is 142 Å². The lowest BCUT2D eigenvalue weighted by molar-refractivity contribution is -0.0295. The molecule has 3 rings (SSSR count). The Morgan fingerprint density at radius 2 is 1.79 bits per heavy atom. The molecule has 4 heteroatoms. The summed E-state index contributed by atoms with van der Waals surface area (Å²) in [6.45, 7) is 1.70. The maximum absolute atomic E-state index is 14.0. The number of anilines is 1. The normalized spacial score (nSPS) is 16.8. The molecule has 0 unspecified atom stereocenters. The third-order valence-electron chi connectivity index (χ3n) is 4.97. The third-order valence-corrected chi connectivity index (χ3v) is 4.97. The smallest absolute Gasteiger partial charge is 0.150 e. The maximum atomic E-state index is 14.0.